The Hall–Kier alpha value is -4.35. The van der Waals surface area contributed by atoms with Gasteiger partial charge >= 0.3 is 30.1 Å². The lowest BCUT2D eigenvalue weighted by Crippen LogP contribution is -2.48. The average Bonchev–Trinajstić information content (AvgIpc) is 2.82. The second-order valence-electron chi connectivity index (χ2n) is 7.82. The van der Waals surface area contributed by atoms with Crippen LogP contribution >= 0.6 is 0 Å². The van der Waals surface area contributed by atoms with Crippen LogP contribution in [0.2, 0.25) is 0 Å². The fourth-order valence-electron chi connectivity index (χ4n) is 3.84. The predicted octanol–water partition coefficient (Wildman–Crippen LogP) is 4.53. The fourth-order valence-corrected chi connectivity index (χ4v) is 3.84. The molecule has 2 aromatic rings. The molecule has 1 atom stereocenters. The summed E-state index contributed by atoms with van der Waals surface area (Å²) in [5.74, 6) is -2.89. The van der Waals surface area contributed by atoms with Crippen molar-refractivity contribution in [1.82, 2.24) is 5.32 Å². The molecule has 2 amide bonds. The lowest BCUT2D eigenvalue weighted by Gasteiger charge is -2.36. The Morgan fingerprint density at radius 2 is 1.78 bits per heavy atom. The molecule has 0 aromatic heterocycles. The summed E-state index contributed by atoms with van der Waals surface area (Å²) < 4.78 is 54.9. The molecular formula is C25H23F3N2O7. The normalized spacial score (nSPS) is 15.7. The first-order valence-corrected chi connectivity index (χ1v) is 11.0. The van der Waals surface area contributed by atoms with Crippen molar-refractivity contribution in [2.24, 2.45) is 0 Å². The van der Waals surface area contributed by atoms with Crippen LogP contribution in [0.5, 0.6) is 5.75 Å². The van der Waals surface area contributed by atoms with E-state index in [1.165, 1.54) is 38.3 Å². The number of rotatable bonds is 6. The van der Waals surface area contributed by atoms with Crippen LogP contribution in [-0.4, -0.2) is 37.7 Å². The van der Waals surface area contributed by atoms with E-state index >= 15 is 0 Å². The van der Waals surface area contributed by atoms with Crippen LogP contribution in [0.4, 0.5) is 23.7 Å². The molecule has 0 spiro atoms. The van der Waals surface area contributed by atoms with Gasteiger partial charge in [-0.25, -0.2) is 14.4 Å². The number of halogens is 3. The van der Waals surface area contributed by atoms with Gasteiger partial charge < -0.3 is 19.5 Å². The first-order valence-electron chi connectivity index (χ1n) is 11.0. The summed E-state index contributed by atoms with van der Waals surface area (Å²) in [5.41, 5.74) is -0.830. The van der Waals surface area contributed by atoms with Gasteiger partial charge in [-0.3, -0.25) is 9.69 Å². The van der Waals surface area contributed by atoms with E-state index in [2.05, 4.69) is 5.32 Å². The Balaban J connectivity index is 2.21. The van der Waals surface area contributed by atoms with Gasteiger partial charge in [-0.2, -0.15) is 13.2 Å². The number of allylic oxidation sites excluding steroid dienone is 1. The van der Waals surface area contributed by atoms with Gasteiger partial charge in [0.05, 0.1) is 42.1 Å². The van der Waals surface area contributed by atoms with Gasteiger partial charge in [0.15, 0.2) is 0 Å². The quantitative estimate of drug-likeness (QED) is 0.440. The zero-order chi connectivity index (χ0) is 27.5. The number of amides is 2. The highest BCUT2D eigenvalue weighted by Gasteiger charge is 2.40. The third-order valence-electron chi connectivity index (χ3n) is 5.41. The molecule has 0 saturated heterocycles. The number of carbonyl (C=O) groups excluding carboxylic acids is 4. The third-order valence-corrected chi connectivity index (χ3v) is 5.41. The molecule has 1 unspecified atom stereocenters. The molecule has 0 bridgehead atoms. The molecule has 2 aromatic carbocycles. The highest BCUT2D eigenvalue weighted by Crippen LogP contribution is 2.40. The van der Waals surface area contributed by atoms with Crippen LogP contribution < -0.4 is 15.0 Å². The van der Waals surface area contributed by atoms with Gasteiger partial charge in [-0.15, -0.1) is 0 Å². The number of hydrogen-bond donors (Lipinski definition) is 1. The summed E-state index contributed by atoms with van der Waals surface area (Å²) in [7, 11) is 1.20. The molecule has 1 aliphatic heterocycles. The highest BCUT2D eigenvalue weighted by molar-refractivity contribution is 6.04. The van der Waals surface area contributed by atoms with Gasteiger partial charge in [0.25, 0.3) is 0 Å². The largest absolute Gasteiger partial charge is 0.465 e. The van der Waals surface area contributed by atoms with Crippen molar-refractivity contribution >= 4 is 29.6 Å². The number of nitrogens with zero attached hydrogens (tertiary/aromatic N) is 1. The van der Waals surface area contributed by atoms with Crippen LogP contribution in [0.15, 0.2) is 53.7 Å². The standard InChI is InChI=1S/C25H23F3N2O7/c1-5-36-23(33)20-13(2)30(17-8-6-7-15(11-17)22(32)35-4)24(34)29-21(20)18-10-9-16(25(26,27)28)12-19(18)37-14(3)31/h6-12,21H,5H2,1-4H3,(H,29,34). The van der Waals surface area contributed by atoms with Gasteiger partial charge in [-0.05, 0) is 44.2 Å². The number of benzene rings is 2. The minimum Gasteiger partial charge on any atom is -0.465 e. The Labute approximate surface area is 209 Å². The molecule has 0 saturated carbocycles. The zero-order valence-electron chi connectivity index (χ0n) is 20.3. The maximum absolute atomic E-state index is 13.3. The smallest absolute Gasteiger partial charge is 0.416 e. The van der Waals surface area contributed by atoms with Crippen molar-refractivity contribution in [3.63, 3.8) is 0 Å². The molecule has 1 heterocycles. The summed E-state index contributed by atoms with van der Waals surface area (Å²) in [6.45, 7) is 3.98. The van der Waals surface area contributed by atoms with Crippen LogP contribution in [0.1, 0.15) is 48.3 Å². The van der Waals surface area contributed by atoms with E-state index < -0.39 is 47.5 Å². The lowest BCUT2D eigenvalue weighted by molar-refractivity contribution is -0.139. The monoisotopic (exact) mass is 520 g/mol. The average molecular weight is 520 g/mol. The number of methoxy groups -OCH3 is 1. The maximum atomic E-state index is 13.3. The van der Waals surface area contributed by atoms with Gasteiger partial charge in [0, 0.05) is 18.2 Å². The molecule has 196 valence electrons. The fraction of sp³-hybridized carbons (Fsp3) is 0.280. The Morgan fingerprint density at radius 3 is 2.38 bits per heavy atom. The molecule has 37 heavy (non-hydrogen) atoms. The Kier molecular flexibility index (Phi) is 7.90. The number of nitrogens with one attached hydrogen (secondary N) is 1. The second-order valence-corrected chi connectivity index (χ2v) is 7.82. The summed E-state index contributed by atoms with van der Waals surface area (Å²) in [5, 5.41) is 2.58. The lowest BCUT2D eigenvalue weighted by atomic mass is 9.93. The second kappa shape index (κ2) is 10.7. The molecule has 0 radical (unpaired) electrons. The molecule has 1 N–H and O–H groups in total. The summed E-state index contributed by atoms with van der Waals surface area (Å²) in [6.07, 6.45) is -4.74. The number of alkyl halides is 3. The van der Waals surface area contributed by atoms with Gasteiger partial charge in [0.1, 0.15) is 5.75 Å². The maximum Gasteiger partial charge on any atom is 0.416 e. The predicted molar refractivity (Wildman–Crippen MR) is 124 cm³/mol. The number of ether oxygens (including phenoxy) is 3. The van der Waals surface area contributed by atoms with Crippen molar-refractivity contribution in [2.45, 2.75) is 33.0 Å². The van der Waals surface area contributed by atoms with Crippen molar-refractivity contribution in [3.05, 3.63) is 70.4 Å². The molecule has 1 aliphatic rings. The first kappa shape index (κ1) is 27.2. The minimum atomic E-state index is -4.74. The minimum absolute atomic E-state index is 0.0298. The van der Waals surface area contributed by atoms with Crippen molar-refractivity contribution in [1.29, 1.82) is 0 Å². The first-order chi connectivity index (χ1) is 17.4. The topological polar surface area (TPSA) is 111 Å². The molecule has 9 nitrogen and oxygen atoms in total. The highest BCUT2D eigenvalue weighted by atomic mass is 19.4. The molecular weight excluding hydrogens is 497 g/mol. The van der Waals surface area contributed by atoms with E-state index in [-0.39, 0.29) is 34.7 Å². The molecule has 0 aliphatic carbocycles. The van der Waals surface area contributed by atoms with Crippen LogP contribution in [0, 0.1) is 0 Å². The van der Waals surface area contributed by atoms with Crippen molar-refractivity contribution in [3.8, 4) is 5.75 Å². The molecule has 12 heteroatoms. The van der Waals surface area contributed by atoms with E-state index in [9.17, 15) is 32.3 Å². The van der Waals surface area contributed by atoms with E-state index in [0.717, 1.165) is 24.0 Å². The molecule has 0 fully saturated rings. The third kappa shape index (κ3) is 5.74. The van der Waals surface area contributed by atoms with Crippen molar-refractivity contribution < 1.29 is 46.6 Å². The summed E-state index contributed by atoms with van der Waals surface area (Å²) in [6, 6.07) is 6.18. The SMILES string of the molecule is CCOC(=O)C1=C(C)N(c2cccc(C(=O)OC)c2)C(=O)NC1c1ccc(C(F)(F)F)cc1OC(C)=O. The van der Waals surface area contributed by atoms with E-state index in [4.69, 9.17) is 14.2 Å². The summed E-state index contributed by atoms with van der Waals surface area (Å²) in [4.78, 5) is 51.0. The molecule has 3 rings (SSSR count). The van der Waals surface area contributed by atoms with E-state index in [0.29, 0.717) is 6.07 Å². The van der Waals surface area contributed by atoms with Gasteiger partial charge in [-0.1, -0.05) is 12.1 Å². The number of carbonyl (C=O) groups is 4. The van der Waals surface area contributed by atoms with E-state index in [1.54, 1.807) is 6.92 Å². The van der Waals surface area contributed by atoms with Crippen LogP contribution in [0.3, 0.4) is 0 Å². The summed E-state index contributed by atoms with van der Waals surface area (Å²) >= 11 is 0. The van der Waals surface area contributed by atoms with Crippen LogP contribution in [-0.2, 0) is 25.2 Å². The Morgan fingerprint density at radius 1 is 1.08 bits per heavy atom. The number of anilines is 1. The number of esters is 3. The number of urea groups is 1. The van der Waals surface area contributed by atoms with Crippen LogP contribution in [0.25, 0.3) is 0 Å². The number of hydrogen-bond acceptors (Lipinski definition) is 7. The van der Waals surface area contributed by atoms with E-state index in [1.807, 2.05) is 0 Å². The van der Waals surface area contributed by atoms with Crippen molar-refractivity contribution in [2.75, 3.05) is 18.6 Å². The zero-order valence-corrected chi connectivity index (χ0v) is 20.3. The van der Waals surface area contributed by atoms with Gasteiger partial charge in [0.2, 0.25) is 0 Å². The Bertz CT molecular complexity index is 1290.